The average molecular weight is 484 g/mol. The SMILES string of the molecule is CCC(C)c1ccc(N2c3ccc(C(C)(CC)CC)cc3Oc3cc(C(C)(CC)CC)ccc32)cc1. The van der Waals surface area contributed by atoms with E-state index in [2.05, 4.69) is 121 Å². The number of anilines is 3. The van der Waals surface area contributed by atoms with Gasteiger partial charge in [-0.1, -0.05) is 79.7 Å². The second kappa shape index (κ2) is 10.3. The van der Waals surface area contributed by atoms with Gasteiger partial charge in [-0.2, -0.15) is 0 Å². The van der Waals surface area contributed by atoms with Gasteiger partial charge in [0.2, 0.25) is 0 Å². The monoisotopic (exact) mass is 483 g/mol. The first-order chi connectivity index (χ1) is 17.2. The predicted molar refractivity (Wildman–Crippen MR) is 156 cm³/mol. The molecular formula is C34H45NO. The number of rotatable bonds is 9. The molecule has 0 aromatic heterocycles. The van der Waals surface area contributed by atoms with Gasteiger partial charge in [0.15, 0.2) is 11.5 Å². The van der Waals surface area contributed by atoms with Gasteiger partial charge in [0.05, 0.1) is 11.4 Å². The molecule has 0 aliphatic carbocycles. The Labute approximate surface area is 219 Å². The molecule has 0 saturated carbocycles. The third kappa shape index (κ3) is 4.56. The Balaban J connectivity index is 1.88. The first kappa shape index (κ1) is 26.3. The molecule has 192 valence electrons. The van der Waals surface area contributed by atoms with Crippen LogP contribution in [0.4, 0.5) is 17.1 Å². The zero-order valence-electron chi connectivity index (χ0n) is 23.7. The van der Waals surface area contributed by atoms with Crippen molar-refractivity contribution in [1.29, 1.82) is 0 Å². The first-order valence-electron chi connectivity index (χ1n) is 14.1. The summed E-state index contributed by atoms with van der Waals surface area (Å²) in [5, 5.41) is 0. The van der Waals surface area contributed by atoms with E-state index in [9.17, 15) is 0 Å². The van der Waals surface area contributed by atoms with Crippen LogP contribution < -0.4 is 9.64 Å². The molecule has 0 radical (unpaired) electrons. The minimum atomic E-state index is 0.145. The molecule has 3 aromatic rings. The molecule has 0 saturated heterocycles. The number of hydrogen-bond acceptors (Lipinski definition) is 2. The van der Waals surface area contributed by atoms with Crippen LogP contribution in [0.1, 0.15) is 110 Å². The summed E-state index contributed by atoms with van der Waals surface area (Å²) in [6, 6.07) is 22.8. The van der Waals surface area contributed by atoms with Crippen LogP contribution in [0.3, 0.4) is 0 Å². The Bertz CT molecular complexity index is 1120. The van der Waals surface area contributed by atoms with Crippen molar-refractivity contribution in [3.63, 3.8) is 0 Å². The molecule has 1 atom stereocenters. The van der Waals surface area contributed by atoms with Crippen LogP contribution in [0.5, 0.6) is 11.5 Å². The second-order valence-electron chi connectivity index (χ2n) is 11.2. The molecule has 1 unspecified atom stereocenters. The van der Waals surface area contributed by atoms with Crippen molar-refractivity contribution in [3.8, 4) is 11.5 Å². The Morgan fingerprint density at radius 1 is 0.667 bits per heavy atom. The maximum Gasteiger partial charge on any atom is 0.151 e. The van der Waals surface area contributed by atoms with E-state index < -0.39 is 0 Å². The number of benzene rings is 3. The summed E-state index contributed by atoms with van der Waals surface area (Å²) in [5.41, 5.74) is 7.78. The van der Waals surface area contributed by atoms with E-state index >= 15 is 0 Å². The van der Waals surface area contributed by atoms with Crippen molar-refractivity contribution < 1.29 is 4.74 Å². The summed E-state index contributed by atoms with van der Waals surface area (Å²) in [4.78, 5) is 2.38. The fraction of sp³-hybridized carbons (Fsp3) is 0.471. The number of ether oxygens (including phenoxy) is 1. The minimum Gasteiger partial charge on any atom is -0.453 e. The maximum atomic E-state index is 6.72. The second-order valence-corrected chi connectivity index (χ2v) is 11.2. The molecule has 2 nitrogen and oxygen atoms in total. The van der Waals surface area contributed by atoms with Crippen LogP contribution in [0, 0.1) is 0 Å². The summed E-state index contributed by atoms with van der Waals surface area (Å²) in [6.45, 7) is 18.4. The lowest BCUT2D eigenvalue weighted by molar-refractivity contribution is 0.425. The van der Waals surface area contributed by atoms with Gasteiger partial charge >= 0.3 is 0 Å². The van der Waals surface area contributed by atoms with Gasteiger partial charge in [0, 0.05) is 5.69 Å². The molecule has 4 rings (SSSR count). The molecule has 1 aliphatic rings. The van der Waals surface area contributed by atoms with E-state index in [-0.39, 0.29) is 10.8 Å². The highest BCUT2D eigenvalue weighted by molar-refractivity contribution is 5.86. The van der Waals surface area contributed by atoms with E-state index in [1.807, 2.05) is 0 Å². The number of hydrogen-bond donors (Lipinski definition) is 0. The Kier molecular flexibility index (Phi) is 7.55. The molecule has 1 aliphatic heterocycles. The zero-order chi connectivity index (χ0) is 26.1. The van der Waals surface area contributed by atoms with Gasteiger partial charge < -0.3 is 9.64 Å². The van der Waals surface area contributed by atoms with E-state index in [1.54, 1.807) is 0 Å². The zero-order valence-corrected chi connectivity index (χ0v) is 23.7. The van der Waals surface area contributed by atoms with Crippen molar-refractivity contribution in [2.24, 2.45) is 0 Å². The van der Waals surface area contributed by atoms with Crippen molar-refractivity contribution in [3.05, 3.63) is 77.4 Å². The smallest absolute Gasteiger partial charge is 0.151 e. The van der Waals surface area contributed by atoms with Crippen LogP contribution >= 0.6 is 0 Å². The predicted octanol–water partition coefficient (Wildman–Crippen LogP) is 10.9. The van der Waals surface area contributed by atoms with Crippen LogP contribution in [0.2, 0.25) is 0 Å². The lowest BCUT2D eigenvalue weighted by atomic mass is 9.77. The summed E-state index contributed by atoms with van der Waals surface area (Å²) >= 11 is 0. The standard InChI is InChI=1S/C34H45NO/c1-9-24(6)25-14-18-28(19-15-25)35-29-20-16-26(33(7,10-2)11-3)22-31(29)36-32-23-27(17-21-30(32)35)34(8,12-4)13-5/h14-24H,9-13H2,1-8H3. The van der Waals surface area contributed by atoms with Crippen molar-refractivity contribution in [2.45, 2.75) is 104 Å². The van der Waals surface area contributed by atoms with E-state index in [4.69, 9.17) is 4.74 Å². The molecule has 3 aromatic carbocycles. The summed E-state index contributed by atoms with van der Waals surface area (Å²) in [7, 11) is 0. The van der Waals surface area contributed by atoms with Gasteiger partial charge in [0.1, 0.15) is 0 Å². The third-order valence-electron chi connectivity index (χ3n) is 9.47. The van der Waals surface area contributed by atoms with Crippen LogP contribution in [-0.4, -0.2) is 0 Å². The molecule has 0 spiro atoms. The Hall–Kier alpha value is -2.74. The lowest BCUT2D eigenvalue weighted by Crippen LogP contribution is -2.22. The average Bonchev–Trinajstić information content (AvgIpc) is 2.94. The maximum absolute atomic E-state index is 6.72. The van der Waals surface area contributed by atoms with Gasteiger partial charge in [-0.3, -0.25) is 0 Å². The van der Waals surface area contributed by atoms with Gasteiger partial charge in [-0.25, -0.2) is 0 Å². The van der Waals surface area contributed by atoms with E-state index in [0.717, 1.165) is 55.0 Å². The van der Waals surface area contributed by atoms with Crippen molar-refractivity contribution >= 4 is 17.1 Å². The minimum absolute atomic E-state index is 0.145. The Morgan fingerprint density at radius 2 is 1.11 bits per heavy atom. The highest BCUT2D eigenvalue weighted by Crippen LogP contribution is 2.52. The quantitative estimate of drug-likeness (QED) is 0.235. The molecule has 1 heterocycles. The van der Waals surface area contributed by atoms with Crippen LogP contribution in [-0.2, 0) is 10.8 Å². The molecule has 0 bridgehead atoms. The fourth-order valence-corrected chi connectivity index (χ4v) is 5.34. The van der Waals surface area contributed by atoms with E-state index in [1.165, 1.54) is 22.4 Å². The van der Waals surface area contributed by atoms with Gasteiger partial charge in [0.25, 0.3) is 0 Å². The summed E-state index contributed by atoms with van der Waals surface area (Å²) in [5.74, 6) is 2.46. The third-order valence-corrected chi connectivity index (χ3v) is 9.47. The summed E-state index contributed by atoms with van der Waals surface area (Å²) in [6.07, 6.45) is 5.57. The molecule has 0 fully saturated rings. The van der Waals surface area contributed by atoms with Crippen molar-refractivity contribution in [2.75, 3.05) is 4.90 Å². The highest BCUT2D eigenvalue weighted by atomic mass is 16.5. The number of fused-ring (bicyclic) bond motifs is 2. The summed E-state index contributed by atoms with van der Waals surface area (Å²) < 4.78 is 6.72. The fourth-order valence-electron chi connectivity index (χ4n) is 5.34. The topological polar surface area (TPSA) is 12.5 Å². The molecular weight excluding hydrogens is 438 g/mol. The van der Waals surface area contributed by atoms with Crippen LogP contribution in [0.15, 0.2) is 60.7 Å². The molecule has 2 heteroatoms. The first-order valence-corrected chi connectivity index (χ1v) is 14.1. The van der Waals surface area contributed by atoms with E-state index in [0.29, 0.717) is 5.92 Å². The van der Waals surface area contributed by atoms with Crippen molar-refractivity contribution in [1.82, 2.24) is 0 Å². The highest BCUT2D eigenvalue weighted by Gasteiger charge is 2.31. The molecule has 36 heavy (non-hydrogen) atoms. The Morgan fingerprint density at radius 3 is 1.50 bits per heavy atom. The molecule has 0 amide bonds. The van der Waals surface area contributed by atoms with Crippen LogP contribution in [0.25, 0.3) is 0 Å². The number of nitrogens with zero attached hydrogens (tertiary/aromatic N) is 1. The lowest BCUT2D eigenvalue weighted by Gasteiger charge is -2.36. The van der Waals surface area contributed by atoms with Gasteiger partial charge in [-0.05, 0) is 102 Å². The largest absolute Gasteiger partial charge is 0.453 e. The molecule has 0 N–H and O–H groups in total. The van der Waals surface area contributed by atoms with Gasteiger partial charge in [-0.15, -0.1) is 0 Å². The normalized spacial score (nSPS) is 14.2.